The number of hydrogen-bond donors (Lipinski definition) is 2. The number of carbonyl (C=O) groups is 1. The number of hydrogen-bond acceptors (Lipinski definition) is 4. The molecule has 0 aromatic carbocycles. The lowest BCUT2D eigenvalue weighted by Gasteiger charge is -2.25. The minimum absolute atomic E-state index is 0.0699. The van der Waals surface area contributed by atoms with Crippen molar-refractivity contribution in [2.24, 2.45) is 0 Å². The molecule has 18 heavy (non-hydrogen) atoms. The number of rotatable bonds is 5. The zero-order valence-electron chi connectivity index (χ0n) is 11.1. The molecule has 0 aromatic rings. The second-order valence-corrected chi connectivity index (χ2v) is 5.19. The first-order valence-corrected chi connectivity index (χ1v) is 6.99. The Hall–Kier alpha value is -0.650. The largest absolute Gasteiger partial charge is 0.376 e. The molecule has 5 heteroatoms. The third kappa shape index (κ3) is 4.23. The van der Waals surface area contributed by atoms with Gasteiger partial charge in [-0.25, -0.2) is 0 Å². The van der Waals surface area contributed by atoms with Crippen molar-refractivity contribution in [3.8, 4) is 0 Å². The van der Waals surface area contributed by atoms with Crippen molar-refractivity contribution in [1.82, 2.24) is 10.6 Å². The van der Waals surface area contributed by atoms with E-state index in [9.17, 15) is 4.79 Å². The smallest absolute Gasteiger partial charge is 0.237 e. The fraction of sp³-hybridized carbons (Fsp3) is 0.923. The van der Waals surface area contributed by atoms with Gasteiger partial charge in [-0.1, -0.05) is 12.8 Å². The van der Waals surface area contributed by atoms with Gasteiger partial charge in [0.05, 0.1) is 32.0 Å². The Morgan fingerprint density at radius 3 is 2.78 bits per heavy atom. The molecule has 2 atom stereocenters. The molecule has 1 aliphatic heterocycles. The minimum atomic E-state index is -0.170. The van der Waals surface area contributed by atoms with Gasteiger partial charge in [0.1, 0.15) is 0 Å². The average molecular weight is 256 g/mol. The van der Waals surface area contributed by atoms with Crippen LogP contribution in [0.2, 0.25) is 0 Å². The number of amides is 1. The predicted octanol–water partition coefficient (Wildman–Crippen LogP) is 0.439. The molecule has 2 rings (SSSR count). The lowest BCUT2D eigenvalue weighted by Crippen LogP contribution is -2.48. The van der Waals surface area contributed by atoms with Gasteiger partial charge in [-0.05, 0) is 19.8 Å². The lowest BCUT2D eigenvalue weighted by molar-refractivity contribution is -0.124. The molecule has 2 fully saturated rings. The molecule has 1 amide bonds. The Labute approximate surface area is 109 Å². The van der Waals surface area contributed by atoms with Gasteiger partial charge in [-0.2, -0.15) is 0 Å². The molecule has 5 nitrogen and oxygen atoms in total. The summed E-state index contributed by atoms with van der Waals surface area (Å²) in [7, 11) is 0. The van der Waals surface area contributed by atoms with Gasteiger partial charge in [0.25, 0.3) is 0 Å². The number of nitrogens with one attached hydrogen (secondary N) is 2. The molecular weight excluding hydrogens is 232 g/mol. The quantitative estimate of drug-likeness (QED) is 0.749. The maximum Gasteiger partial charge on any atom is 0.237 e. The first kappa shape index (κ1) is 13.8. The monoisotopic (exact) mass is 256 g/mol. The minimum Gasteiger partial charge on any atom is -0.376 e. The van der Waals surface area contributed by atoms with Crippen molar-refractivity contribution in [2.75, 3.05) is 26.4 Å². The van der Waals surface area contributed by atoms with Crippen LogP contribution in [-0.2, 0) is 14.3 Å². The van der Waals surface area contributed by atoms with Crippen molar-refractivity contribution >= 4 is 5.91 Å². The van der Waals surface area contributed by atoms with Crippen LogP contribution in [0, 0.1) is 0 Å². The zero-order valence-corrected chi connectivity index (χ0v) is 11.1. The fourth-order valence-electron chi connectivity index (χ4n) is 2.45. The fourth-order valence-corrected chi connectivity index (χ4v) is 2.45. The van der Waals surface area contributed by atoms with Crippen LogP contribution >= 0.6 is 0 Å². The summed E-state index contributed by atoms with van der Waals surface area (Å²) < 4.78 is 10.8. The summed E-state index contributed by atoms with van der Waals surface area (Å²) in [6, 6.07) is 0.215. The van der Waals surface area contributed by atoms with E-state index >= 15 is 0 Å². The molecule has 1 aliphatic carbocycles. The Morgan fingerprint density at radius 2 is 2.11 bits per heavy atom. The maximum absolute atomic E-state index is 11.9. The molecular formula is C13H24N2O3. The molecule has 0 spiro atoms. The van der Waals surface area contributed by atoms with Crippen LogP contribution in [0.25, 0.3) is 0 Å². The van der Waals surface area contributed by atoms with Gasteiger partial charge in [0.15, 0.2) is 0 Å². The molecule has 1 heterocycles. The van der Waals surface area contributed by atoms with E-state index in [1.807, 2.05) is 6.92 Å². The predicted molar refractivity (Wildman–Crippen MR) is 68.4 cm³/mol. The second kappa shape index (κ2) is 7.07. The van der Waals surface area contributed by atoms with Crippen LogP contribution in [0.4, 0.5) is 0 Å². The van der Waals surface area contributed by atoms with Crippen LogP contribution < -0.4 is 10.6 Å². The third-order valence-electron chi connectivity index (χ3n) is 3.63. The van der Waals surface area contributed by atoms with Crippen molar-refractivity contribution < 1.29 is 14.3 Å². The van der Waals surface area contributed by atoms with Crippen molar-refractivity contribution in [1.29, 1.82) is 0 Å². The Balaban J connectivity index is 1.63. The molecule has 0 bridgehead atoms. The zero-order chi connectivity index (χ0) is 12.8. The molecule has 104 valence electrons. The highest BCUT2D eigenvalue weighted by Crippen LogP contribution is 2.17. The van der Waals surface area contributed by atoms with E-state index in [4.69, 9.17) is 9.47 Å². The molecule has 1 saturated carbocycles. The third-order valence-corrected chi connectivity index (χ3v) is 3.63. The second-order valence-electron chi connectivity index (χ2n) is 5.19. The summed E-state index contributed by atoms with van der Waals surface area (Å²) in [5.41, 5.74) is 0. The molecule has 0 radical (unpaired) electrons. The normalized spacial score (nSPS) is 27.1. The topological polar surface area (TPSA) is 59.6 Å². The highest BCUT2D eigenvalue weighted by atomic mass is 16.6. The van der Waals surface area contributed by atoms with Gasteiger partial charge in [0, 0.05) is 12.6 Å². The summed E-state index contributed by atoms with van der Waals surface area (Å²) in [4.78, 5) is 11.9. The molecule has 2 unspecified atom stereocenters. The number of carbonyl (C=O) groups excluding carboxylic acids is 1. The van der Waals surface area contributed by atoms with E-state index < -0.39 is 0 Å². The summed E-state index contributed by atoms with van der Waals surface area (Å²) in [6.45, 7) is 4.50. The standard InChI is InChI=1S/C13H24N2O3/c1-10(13(16)15-11-4-2-3-5-11)14-8-12-9-17-6-7-18-12/h10-12,14H,2-9H2,1H3,(H,15,16). The van der Waals surface area contributed by atoms with Crippen LogP contribution in [-0.4, -0.2) is 50.5 Å². The highest BCUT2D eigenvalue weighted by molar-refractivity contribution is 5.81. The Bertz CT molecular complexity index is 261. The Kier molecular flexibility index (Phi) is 5.41. The van der Waals surface area contributed by atoms with Gasteiger partial charge >= 0.3 is 0 Å². The molecule has 1 saturated heterocycles. The SMILES string of the molecule is CC(NCC1COCCO1)C(=O)NC1CCCC1. The summed E-state index contributed by atoms with van der Waals surface area (Å²) in [5, 5.41) is 6.30. The number of ether oxygens (including phenoxy) is 2. The van der Waals surface area contributed by atoms with Crippen molar-refractivity contribution in [3.05, 3.63) is 0 Å². The van der Waals surface area contributed by atoms with Gasteiger partial charge in [0.2, 0.25) is 5.91 Å². The summed E-state index contributed by atoms with van der Waals surface area (Å²) in [6.07, 6.45) is 4.79. The van der Waals surface area contributed by atoms with Gasteiger partial charge < -0.3 is 20.1 Å². The van der Waals surface area contributed by atoms with Crippen LogP contribution in [0.3, 0.4) is 0 Å². The van der Waals surface area contributed by atoms with Crippen molar-refractivity contribution in [2.45, 2.75) is 50.8 Å². The molecule has 2 N–H and O–H groups in total. The van der Waals surface area contributed by atoms with E-state index in [1.54, 1.807) is 0 Å². The van der Waals surface area contributed by atoms with E-state index in [2.05, 4.69) is 10.6 Å². The van der Waals surface area contributed by atoms with Crippen molar-refractivity contribution in [3.63, 3.8) is 0 Å². The van der Waals surface area contributed by atoms with E-state index in [1.165, 1.54) is 12.8 Å². The van der Waals surface area contributed by atoms with Crippen LogP contribution in [0.5, 0.6) is 0 Å². The highest BCUT2D eigenvalue weighted by Gasteiger charge is 2.21. The average Bonchev–Trinajstić information content (AvgIpc) is 2.90. The maximum atomic E-state index is 11.9. The van der Waals surface area contributed by atoms with Crippen LogP contribution in [0.1, 0.15) is 32.6 Å². The Morgan fingerprint density at radius 1 is 1.33 bits per heavy atom. The molecule has 0 aromatic heterocycles. The summed E-state index contributed by atoms with van der Waals surface area (Å²) in [5.74, 6) is 0.0960. The van der Waals surface area contributed by atoms with E-state index in [0.717, 1.165) is 12.8 Å². The lowest BCUT2D eigenvalue weighted by atomic mass is 10.2. The summed E-state index contributed by atoms with van der Waals surface area (Å²) >= 11 is 0. The van der Waals surface area contributed by atoms with Gasteiger partial charge in [-0.3, -0.25) is 4.79 Å². The van der Waals surface area contributed by atoms with Gasteiger partial charge in [-0.15, -0.1) is 0 Å². The first-order chi connectivity index (χ1) is 8.75. The molecule has 2 aliphatic rings. The first-order valence-electron chi connectivity index (χ1n) is 6.99. The van der Waals surface area contributed by atoms with Crippen LogP contribution in [0.15, 0.2) is 0 Å². The van der Waals surface area contributed by atoms with E-state index in [-0.39, 0.29) is 18.1 Å². The van der Waals surface area contributed by atoms with E-state index in [0.29, 0.717) is 32.4 Å².